The zero-order chi connectivity index (χ0) is 13.7. The Morgan fingerprint density at radius 3 is 2.68 bits per heavy atom. The van der Waals surface area contributed by atoms with Gasteiger partial charge in [-0.1, -0.05) is 25.1 Å². The Hall–Kier alpha value is -1.71. The predicted octanol–water partition coefficient (Wildman–Crippen LogP) is 1.98. The highest BCUT2D eigenvalue weighted by Crippen LogP contribution is 2.28. The number of nitrogens with zero attached hydrogens (tertiary/aromatic N) is 2. The molecule has 1 aromatic carbocycles. The normalized spacial score (nSPS) is 21.9. The van der Waals surface area contributed by atoms with Crippen LogP contribution in [0.15, 0.2) is 35.3 Å². The summed E-state index contributed by atoms with van der Waals surface area (Å²) in [6, 6.07) is 10.5. The average molecular weight is 261 g/mol. The van der Waals surface area contributed by atoms with Crippen LogP contribution in [0.3, 0.4) is 0 Å². The summed E-state index contributed by atoms with van der Waals surface area (Å²) in [6.07, 6.45) is 1.24. The lowest BCUT2D eigenvalue weighted by molar-refractivity contribution is 0.281. The van der Waals surface area contributed by atoms with Crippen LogP contribution in [0.1, 0.15) is 13.3 Å². The van der Waals surface area contributed by atoms with Crippen LogP contribution >= 0.6 is 0 Å². The van der Waals surface area contributed by atoms with E-state index in [9.17, 15) is 0 Å². The van der Waals surface area contributed by atoms with Crippen LogP contribution in [-0.4, -0.2) is 44.1 Å². The van der Waals surface area contributed by atoms with Crippen LogP contribution in [0, 0.1) is 5.92 Å². The van der Waals surface area contributed by atoms with Gasteiger partial charge >= 0.3 is 0 Å². The summed E-state index contributed by atoms with van der Waals surface area (Å²) in [6.45, 7) is 3.72. The summed E-state index contributed by atoms with van der Waals surface area (Å²) in [5, 5.41) is 3.46. The standard InChI is InChI=1S/C15H23N3O/c1-12-11-14(12)17-15(16-2)18(3)9-10-19-13-7-5-4-6-8-13/h4-8,12,14H,9-11H2,1-3H3,(H,16,17). The van der Waals surface area contributed by atoms with Gasteiger partial charge in [-0.05, 0) is 24.5 Å². The SMILES string of the molecule is CN=C(NC1CC1C)N(C)CCOc1ccccc1. The molecule has 0 spiro atoms. The van der Waals surface area contributed by atoms with Gasteiger partial charge in [-0.25, -0.2) is 0 Å². The molecule has 1 N–H and O–H groups in total. The fourth-order valence-electron chi connectivity index (χ4n) is 1.96. The summed E-state index contributed by atoms with van der Waals surface area (Å²) >= 11 is 0. The number of benzene rings is 1. The molecule has 2 unspecified atom stereocenters. The molecule has 104 valence electrons. The first-order chi connectivity index (χ1) is 9.20. The number of ether oxygens (including phenoxy) is 1. The topological polar surface area (TPSA) is 36.9 Å². The molecule has 0 aromatic heterocycles. The van der Waals surface area contributed by atoms with Gasteiger partial charge in [0, 0.05) is 20.1 Å². The summed E-state index contributed by atoms with van der Waals surface area (Å²) in [5.41, 5.74) is 0. The van der Waals surface area contributed by atoms with Crippen LogP contribution in [0.25, 0.3) is 0 Å². The van der Waals surface area contributed by atoms with Crippen molar-refractivity contribution in [2.24, 2.45) is 10.9 Å². The molecule has 19 heavy (non-hydrogen) atoms. The van der Waals surface area contributed by atoms with Crippen molar-refractivity contribution in [2.75, 3.05) is 27.2 Å². The van der Waals surface area contributed by atoms with Crippen molar-refractivity contribution in [1.82, 2.24) is 10.2 Å². The number of aliphatic imine (C=N–C) groups is 1. The Labute approximate surface area is 115 Å². The van der Waals surface area contributed by atoms with E-state index in [1.807, 2.05) is 44.4 Å². The minimum atomic E-state index is 0.594. The fourth-order valence-corrected chi connectivity index (χ4v) is 1.96. The van der Waals surface area contributed by atoms with Crippen molar-refractivity contribution < 1.29 is 4.74 Å². The van der Waals surface area contributed by atoms with E-state index in [2.05, 4.69) is 22.1 Å². The molecule has 1 fully saturated rings. The van der Waals surface area contributed by atoms with E-state index in [4.69, 9.17) is 4.74 Å². The van der Waals surface area contributed by atoms with Crippen molar-refractivity contribution >= 4 is 5.96 Å². The Bertz CT molecular complexity index is 419. The Balaban J connectivity index is 1.72. The number of guanidine groups is 1. The molecule has 2 atom stereocenters. The molecular weight excluding hydrogens is 238 g/mol. The average Bonchev–Trinajstić information content (AvgIpc) is 3.12. The second kappa shape index (κ2) is 6.45. The van der Waals surface area contributed by atoms with Gasteiger partial charge in [-0.15, -0.1) is 0 Å². The molecule has 0 aliphatic heterocycles. The smallest absolute Gasteiger partial charge is 0.193 e. The zero-order valence-corrected chi connectivity index (χ0v) is 12.0. The highest BCUT2D eigenvalue weighted by molar-refractivity contribution is 5.80. The molecule has 0 heterocycles. The van der Waals surface area contributed by atoms with Crippen molar-refractivity contribution in [3.05, 3.63) is 30.3 Å². The predicted molar refractivity (Wildman–Crippen MR) is 78.6 cm³/mol. The molecule has 0 amide bonds. The molecule has 4 heteroatoms. The third-order valence-electron chi connectivity index (χ3n) is 3.44. The van der Waals surface area contributed by atoms with Gasteiger partial charge in [0.25, 0.3) is 0 Å². The van der Waals surface area contributed by atoms with Gasteiger partial charge < -0.3 is 15.0 Å². The van der Waals surface area contributed by atoms with E-state index >= 15 is 0 Å². The van der Waals surface area contributed by atoms with Crippen LogP contribution in [-0.2, 0) is 0 Å². The van der Waals surface area contributed by atoms with Crippen molar-refractivity contribution in [1.29, 1.82) is 0 Å². The maximum absolute atomic E-state index is 5.69. The number of rotatable bonds is 5. The van der Waals surface area contributed by atoms with E-state index < -0.39 is 0 Å². The van der Waals surface area contributed by atoms with Crippen LogP contribution in [0.2, 0.25) is 0 Å². The first kappa shape index (κ1) is 13.7. The van der Waals surface area contributed by atoms with E-state index in [1.54, 1.807) is 0 Å². The third-order valence-corrected chi connectivity index (χ3v) is 3.44. The second-order valence-corrected chi connectivity index (χ2v) is 5.09. The second-order valence-electron chi connectivity index (χ2n) is 5.09. The molecule has 1 saturated carbocycles. The van der Waals surface area contributed by atoms with Gasteiger partial charge in [0.15, 0.2) is 5.96 Å². The maximum atomic E-state index is 5.69. The van der Waals surface area contributed by atoms with E-state index in [1.165, 1.54) is 6.42 Å². The van der Waals surface area contributed by atoms with Crippen LogP contribution in [0.5, 0.6) is 5.75 Å². The molecule has 0 bridgehead atoms. The number of likely N-dealkylation sites (N-methyl/N-ethyl adjacent to an activating group) is 1. The molecule has 4 nitrogen and oxygen atoms in total. The Morgan fingerprint density at radius 2 is 2.11 bits per heavy atom. The van der Waals surface area contributed by atoms with Gasteiger partial charge in [-0.2, -0.15) is 0 Å². The minimum Gasteiger partial charge on any atom is -0.492 e. The van der Waals surface area contributed by atoms with Gasteiger partial charge in [0.2, 0.25) is 0 Å². The number of hydrogen-bond acceptors (Lipinski definition) is 2. The van der Waals surface area contributed by atoms with Gasteiger partial charge in [0.1, 0.15) is 12.4 Å². The molecule has 1 aliphatic rings. The molecule has 2 rings (SSSR count). The third kappa shape index (κ3) is 4.16. The molecule has 0 saturated heterocycles. The van der Waals surface area contributed by atoms with E-state index in [-0.39, 0.29) is 0 Å². The van der Waals surface area contributed by atoms with E-state index in [0.29, 0.717) is 12.6 Å². The maximum Gasteiger partial charge on any atom is 0.193 e. The van der Waals surface area contributed by atoms with Crippen LogP contribution < -0.4 is 10.1 Å². The Morgan fingerprint density at radius 1 is 1.42 bits per heavy atom. The quantitative estimate of drug-likeness (QED) is 0.650. The molecular formula is C15H23N3O. The van der Waals surface area contributed by atoms with E-state index in [0.717, 1.165) is 24.2 Å². The number of para-hydroxylation sites is 1. The summed E-state index contributed by atoms with van der Waals surface area (Å²) in [5.74, 6) is 2.63. The lowest BCUT2D eigenvalue weighted by atomic mass is 10.3. The fraction of sp³-hybridized carbons (Fsp3) is 0.533. The van der Waals surface area contributed by atoms with Crippen molar-refractivity contribution in [2.45, 2.75) is 19.4 Å². The van der Waals surface area contributed by atoms with Crippen LogP contribution in [0.4, 0.5) is 0 Å². The molecule has 0 radical (unpaired) electrons. The minimum absolute atomic E-state index is 0.594. The highest BCUT2D eigenvalue weighted by Gasteiger charge is 2.33. The first-order valence-corrected chi connectivity index (χ1v) is 6.83. The lowest BCUT2D eigenvalue weighted by Crippen LogP contribution is -2.42. The summed E-state index contributed by atoms with van der Waals surface area (Å²) in [7, 11) is 3.86. The van der Waals surface area contributed by atoms with Crippen molar-refractivity contribution in [3.63, 3.8) is 0 Å². The molecule has 1 aromatic rings. The van der Waals surface area contributed by atoms with Crippen molar-refractivity contribution in [3.8, 4) is 5.75 Å². The van der Waals surface area contributed by atoms with Gasteiger partial charge in [0.05, 0.1) is 6.54 Å². The number of nitrogens with one attached hydrogen (secondary N) is 1. The largest absolute Gasteiger partial charge is 0.492 e. The lowest BCUT2D eigenvalue weighted by Gasteiger charge is -2.22. The summed E-state index contributed by atoms with van der Waals surface area (Å²) in [4.78, 5) is 6.41. The highest BCUT2D eigenvalue weighted by atomic mass is 16.5. The zero-order valence-electron chi connectivity index (χ0n) is 12.0. The molecule has 1 aliphatic carbocycles. The first-order valence-electron chi connectivity index (χ1n) is 6.83. The Kier molecular flexibility index (Phi) is 4.66. The monoisotopic (exact) mass is 261 g/mol. The summed E-state index contributed by atoms with van der Waals surface area (Å²) < 4.78 is 5.69. The number of hydrogen-bond donors (Lipinski definition) is 1. The van der Waals surface area contributed by atoms with Gasteiger partial charge in [-0.3, -0.25) is 4.99 Å².